The Labute approximate surface area is 209 Å². The van der Waals surface area contributed by atoms with Crippen molar-refractivity contribution in [2.45, 2.75) is 12.3 Å². The number of halogens is 5. The van der Waals surface area contributed by atoms with Crippen molar-refractivity contribution in [1.82, 2.24) is 0 Å². The molecule has 0 aromatic heterocycles. The van der Waals surface area contributed by atoms with Crippen molar-refractivity contribution in [3.63, 3.8) is 0 Å². The fraction of sp³-hybridized carbons (Fsp3) is 0.0667. The number of ether oxygens (including phenoxy) is 2. The van der Waals surface area contributed by atoms with E-state index in [1.165, 1.54) is 12.1 Å². The minimum absolute atomic E-state index is 0.0867. The molecule has 0 N–H and O–H groups in total. The molecule has 0 fully saturated rings. The molecule has 0 aliphatic heterocycles. The summed E-state index contributed by atoms with van der Waals surface area (Å²) in [7, 11) is 0. The molecule has 4 aromatic rings. The molecule has 1 aliphatic carbocycles. The summed E-state index contributed by atoms with van der Waals surface area (Å²) in [4.78, 5) is 0. The first-order valence-electron chi connectivity index (χ1n) is 11.3. The summed E-state index contributed by atoms with van der Waals surface area (Å²) in [5, 5.41) is 0. The molecule has 5 rings (SSSR count). The molecule has 0 spiro atoms. The highest BCUT2D eigenvalue weighted by Crippen LogP contribution is 2.56. The highest BCUT2D eigenvalue weighted by atomic mass is 19.3. The molecular weight excluding hydrogens is 487 g/mol. The van der Waals surface area contributed by atoms with E-state index in [-0.39, 0.29) is 11.5 Å². The fourth-order valence-corrected chi connectivity index (χ4v) is 4.89. The molecule has 4 aromatic carbocycles. The van der Waals surface area contributed by atoms with Crippen LogP contribution in [0.15, 0.2) is 121 Å². The van der Waals surface area contributed by atoms with Crippen LogP contribution in [0.3, 0.4) is 0 Å². The molecule has 0 atom stereocenters. The molecule has 0 amide bonds. The van der Waals surface area contributed by atoms with Gasteiger partial charge in [0.05, 0.1) is 5.41 Å². The quantitative estimate of drug-likeness (QED) is 0.169. The van der Waals surface area contributed by atoms with Gasteiger partial charge >= 0.3 is 18.1 Å². The number of fused-ring (bicyclic) bond motifs is 3. The molecular formula is C30H19F5O2. The van der Waals surface area contributed by atoms with Gasteiger partial charge in [-0.3, -0.25) is 0 Å². The van der Waals surface area contributed by atoms with E-state index >= 15 is 0 Å². The summed E-state index contributed by atoms with van der Waals surface area (Å²) in [5.41, 5.74) is 4.66. The Hall–Kier alpha value is -4.39. The van der Waals surface area contributed by atoms with Crippen LogP contribution in [0.5, 0.6) is 11.5 Å². The molecule has 0 heterocycles. The minimum atomic E-state index is -2.55. The predicted octanol–water partition coefficient (Wildman–Crippen LogP) is 8.97. The molecule has 186 valence electrons. The molecule has 1 aliphatic rings. The standard InChI is InChI=1S/C30H19F5O2/c1-18(31)28(34)36-21-14-10-19(11-15-21)30(20-12-16-22(17-13-20)37-29(35)27(32)33)25-8-4-2-6-23(25)24-7-3-5-9-26(24)30/h2-17H,1H3/b28-18+. The average Bonchev–Trinajstić information content (AvgIpc) is 3.21. The second-order valence-corrected chi connectivity index (χ2v) is 8.44. The van der Waals surface area contributed by atoms with E-state index in [0.29, 0.717) is 0 Å². The van der Waals surface area contributed by atoms with E-state index in [2.05, 4.69) is 4.74 Å². The van der Waals surface area contributed by atoms with Crippen molar-refractivity contribution in [2.75, 3.05) is 0 Å². The largest absolute Gasteiger partial charge is 0.430 e. The van der Waals surface area contributed by atoms with Crippen LogP contribution in [0, 0.1) is 0 Å². The number of rotatable bonds is 6. The van der Waals surface area contributed by atoms with Crippen molar-refractivity contribution in [1.29, 1.82) is 0 Å². The SMILES string of the molecule is C/C(F)=C(/F)Oc1ccc(C2(c3ccc(OC(F)=C(F)F)cc3)c3ccccc3-c3ccccc32)cc1. The first-order valence-corrected chi connectivity index (χ1v) is 11.3. The maximum atomic E-state index is 13.7. The fourth-order valence-electron chi connectivity index (χ4n) is 4.89. The van der Waals surface area contributed by atoms with Gasteiger partial charge in [0.1, 0.15) is 11.5 Å². The molecule has 0 saturated carbocycles. The van der Waals surface area contributed by atoms with Gasteiger partial charge in [-0.25, -0.2) is 4.39 Å². The molecule has 37 heavy (non-hydrogen) atoms. The highest BCUT2D eigenvalue weighted by molar-refractivity contribution is 5.86. The van der Waals surface area contributed by atoms with E-state index in [9.17, 15) is 22.0 Å². The van der Waals surface area contributed by atoms with Gasteiger partial charge in [-0.05, 0) is 64.6 Å². The molecule has 0 radical (unpaired) electrons. The molecule has 7 heteroatoms. The third-order valence-electron chi connectivity index (χ3n) is 6.36. The number of allylic oxidation sites excluding steroid dienone is 1. The number of benzene rings is 4. The summed E-state index contributed by atoms with van der Waals surface area (Å²) in [6.07, 6.45) is -2.55. The van der Waals surface area contributed by atoms with Gasteiger partial charge in [-0.1, -0.05) is 72.8 Å². The van der Waals surface area contributed by atoms with Crippen LogP contribution in [0.4, 0.5) is 22.0 Å². The van der Waals surface area contributed by atoms with Crippen molar-refractivity contribution in [2.24, 2.45) is 0 Å². The van der Waals surface area contributed by atoms with Crippen molar-refractivity contribution >= 4 is 0 Å². The second-order valence-electron chi connectivity index (χ2n) is 8.44. The normalized spacial score (nSPS) is 13.8. The Morgan fingerprint density at radius 2 is 0.946 bits per heavy atom. The average molecular weight is 506 g/mol. The number of hydrogen-bond acceptors (Lipinski definition) is 2. The third-order valence-corrected chi connectivity index (χ3v) is 6.36. The maximum absolute atomic E-state index is 13.7. The Morgan fingerprint density at radius 3 is 1.35 bits per heavy atom. The lowest BCUT2D eigenvalue weighted by molar-refractivity contribution is 0.241. The molecule has 0 unspecified atom stereocenters. The second kappa shape index (κ2) is 9.58. The van der Waals surface area contributed by atoms with Crippen LogP contribution in [-0.4, -0.2) is 0 Å². The van der Waals surface area contributed by atoms with Crippen LogP contribution < -0.4 is 9.47 Å². The highest BCUT2D eigenvalue weighted by Gasteiger charge is 2.45. The first-order chi connectivity index (χ1) is 17.8. The van der Waals surface area contributed by atoms with Gasteiger partial charge in [0.25, 0.3) is 0 Å². The minimum Gasteiger partial charge on any atom is -0.430 e. The molecule has 0 bridgehead atoms. The van der Waals surface area contributed by atoms with Gasteiger partial charge < -0.3 is 9.47 Å². The lowest BCUT2D eigenvalue weighted by Gasteiger charge is -2.34. The lowest BCUT2D eigenvalue weighted by Crippen LogP contribution is -2.28. The zero-order valence-corrected chi connectivity index (χ0v) is 19.4. The Morgan fingerprint density at radius 1 is 0.541 bits per heavy atom. The maximum Gasteiger partial charge on any atom is 0.344 e. The summed E-state index contributed by atoms with van der Waals surface area (Å²) >= 11 is 0. The molecule has 2 nitrogen and oxygen atoms in total. The van der Waals surface area contributed by atoms with Crippen molar-refractivity contribution in [3.8, 4) is 22.6 Å². The van der Waals surface area contributed by atoms with Crippen LogP contribution >= 0.6 is 0 Å². The Bertz CT molecular complexity index is 1400. The van der Waals surface area contributed by atoms with Crippen LogP contribution in [0.2, 0.25) is 0 Å². The van der Waals surface area contributed by atoms with E-state index < -0.39 is 29.3 Å². The van der Waals surface area contributed by atoms with Gasteiger partial charge in [0, 0.05) is 0 Å². The monoisotopic (exact) mass is 506 g/mol. The summed E-state index contributed by atoms with van der Waals surface area (Å²) in [6, 6.07) is 25.3. The first kappa shape index (κ1) is 24.3. The summed E-state index contributed by atoms with van der Waals surface area (Å²) in [5.74, 6) is -1.04. The Balaban J connectivity index is 1.70. The van der Waals surface area contributed by atoms with Gasteiger partial charge in [-0.15, -0.1) is 0 Å². The van der Waals surface area contributed by atoms with Crippen LogP contribution in [0.25, 0.3) is 11.1 Å². The van der Waals surface area contributed by atoms with Gasteiger partial charge in [-0.2, -0.15) is 17.6 Å². The van der Waals surface area contributed by atoms with Crippen molar-refractivity contribution in [3.05, 3.63) is 143 Å². The number of hydrogen-bond donors (Lipinski definition) is 0. The van der Waals surface area contributed by atoms with Crippen LogP contribution in [-0.2, 0) is 5.41 Å². The molecule has 0 saturated heterocycles. The third kappa shape index (κ3) is 4.16. The van der Waals surface area contributed by atoms with Crippen LogP contribution in [0.1, 0.15) is 29.2 Å². The van der Waals surface area contributed by atoms with E-state index in [1.54, 1.807) is 36.4 Å². The van der Waals surface area contributed by atoms with Gasteiger partial charge in [0.2, 0.25) is 0 Å². The van der Waals surface area contributed by atoms with E-state index in [4.69, 9.17) is 4.74 Å². The van der Waals surface area contributed by atoms with Crippen molar-refractivity contribution < 1.29 is 31.4 Å². The Kier molecular flexibility index (Phi) is 6.29. The lowest BCUT2D eigenvalue weighted by atomic mass is 9.68. The predicted molar refractivity (Wildman–Crippen MR) is 130 cm³/mol. The smallest absolute Gasteiger partial charge is 0.344 e. The zero-order chi connectivity index (χ0) is 26.2. The van der Waals surface area contributed by atoms with E-state index in [1.807, 2.05) is 48.5 Å². The topological polar surface area (TPSA) is 18.5 Å². The van der Waals surface area contributed by atoms with E-state index in [0.717, 1.165) is 40.3 Å². The summed E-state index contributed by atoms with van der Waals surface area (Å²) < 4.78 is 74.9. The summed E-state index contributed by atoms with van der Waals surface area (Å²) in [6.45, 7) is 0.960. The van der Waals surface area contributed by atoms with Gasteiger partial charge in [0.15, 0.2) is 5.83 Å². The zero-order valence-electron chi connectivity index (χ0n) is 19.4.